The Bertz CT molecular complexity index is 1130. The molecule has 0 unspecified atom stereocenters. The fourth-order valence-corrected chi connectivity index (χ4v) is 3.58. The van der Waals surface area contributed by atoms with Crippen LogP contribution in [0.5, 0.6) is 0 Å². The van der Waals surface area contributed by atoms with Gasteiger partial charge in [-0.15, -0.1) is 0 Å². The maximum atomic E-state index is 12.7. The van der Waals surface area contributed by atoms with Gasteiger partial charge in [-0.25, -0.2) is 9.67 Å². The van der Waals surface area contributed by atoms with E-state index in [4.69, 9.17) is 4.98 Å². The smallest absolute Gasteiger partial charge is 0.267 e. The van der Waals surface area contributed by atoms with Crippen LogP contribution in [0.15, 0.2) is 46.0 Å². The largest absolute Gasteiger partial charge is 0.352 e. The third-order valence-electron chi connectivity index (χ3n) is 5.15. The lowest BCUT2D eigenvalue weighted by Gasteiger charge is -2.36. The second-order valence-electron chi connectivity index (χ2n) is 7.34. The fraction of sp³-hybridized carbons (Fsp3) is 0.400. The van der Waals surface area contributed by atoms with Crippen LogP contribution in [-0.2, 0) is 7.05 Å². The zero-order chi connectivity index (χ0) is 19.8. The summed E-state index contributed by atoms with van der Waals surface area (Å²) in [6.45, 7) is 6.82. The highest BCUT2D eigenvalue weighted by atomic mass is 16.1. The van der Waals surface area contributed by atoms with Gasteiger partial charge in [0.25, 0.3) is 11.1 Å². The lowest BCUT2D eigenvalue weighted by molar-refractivity contribution is 0.497. The van der Waals surface area contributed by atoms with E-state index in [1.165, 1.54) is 4.68 Å². The third-order valence-corrected chi connectivity index (χ3v) is 5.15. The molecule has 3 heterocycles. The van der Waals surface area contributed by atoms with Crippen molar-refractivity contribution in [3.8, 4) is 0 Å². The van der Waals surface area contributed by atoms with Crippen LogP contribution in [0.25, 0.3) is 10.9 Å². The summed E-state index contributed by atoms with van der Waals surface area (Å²) in [5.41, 5.74) is 0.593. The number of hydrogen-bond donors (Lipinski definition) is 0. The van der Waals surface area contributed by atoms with Crippen LogP contribution in [0, 0.1) is 0 Å². The van der Waals surface area contributed by atoms with E-state index in [2.05, 4.69) is 14.9 Å². The molecule has 1 aliphatic heterocycles. The molecule has 146 valence electrons. The van der Waals surface area contributed by atoms with Crippen LogP contribution in [0.1, 0.15) is 19.9 Å². The van der Waals surface area contributed by atoms with Crippen LogP contribution < -0.4 is 20.9 Å². The third kappa shape index (κ3) is 3.15. The van der Waals surface area contributed by atoms with Gasteiger partial charge in [0, 0.05) is 39.3 Å². The molecular formula is C20H24N6O2. The van der Waals surface area contributed by atoms with E-state index in [1.807, 2.05) is 38.1 Å². The first-order valence-corrected chi connectivity index (χ1v) is 9.51. The van der Waals surface area contributed by atoms with Crippen LogP contribution in [0.3, 0.4) is 0 Å². The van der Waals surface area contributed by atoms with Gasteiger partial charge in [0.05, 0.1) is 16.9 Å². The average molecular weight is 380 g/mol. The Labute approximate surface area is 162 Å². The van der Waals surface area contributed by atoms with Crippen LogP contribution in [0.4, 0.5) is 11.8 Å². The predicted octanol–water partition coefficient (Wildman–Crippen LogP) is 1.40. The van der Waals surface area contributed by atoms with Crippen LogP contribution in [-0.4, -0.2) is 45.5 Å². The summed E-state index contributed by atoms with van der Waals surface area (Å²) in [6.07, 6.45) is 0. The van der Waals surface area contributed by atoms with E-state index in [1.54, 1.807) is 23.7 Å². The summed E-state index contributed by atoms with van der Waals surface area (Å²) < 4.78 is 3.13. The Hall–Kier alpha value is -3.16. The molecule has 1 saturated heterocycles. The SMILES string of the molecule is CC(C)n1nc(N2CCN(c3nc4ccccc4c(=O)n3C)CC2)ccc1=O. The topological polar surface area (TPSA) is 76.3 Å². The molecular weight excluding hydrogens is 356 g/mol. The minimum atomic E-state index is -0.0900. The van der Waals surface area contributed by atoms with Crippen LogP contribution in [0.2, 0.25) is 0 Å². The standard InChI is InChI=1S/C20H24N6O2/c1-14(2)26-18(27)9-8-17(22-26)24-10-12-25(13-11-24)20-21-16-7-5-4-6-15(16)19(28)23(20)3/h4-9,14H,10-13H2,1-3H3. The predicted molar refractivity (Wildman–Crippen MR) is 110 cm³/mol. The molecule has 0 bridgehead atoms. The highest BCUT2D eigenvalue weighted by Gasteiger charge is 2.22. The Morgan fingerprint density at radius 3 is 2.32 bits per heavy atom. The van der Waals surface area contributed by atoms with Crippen molar-refractivity contribution in [3.63, 3.8) is 0 Å². The Morgan fingerprint density at radius 2 is 1.61 bits per heavy atom. The van der Waals surface area contributed by atoms with E-state index in [-0.39, 0.29) is 17.2 Å². The molecule has 0 amide bonds. The van der Waals surface area contributed by atoms with Gasteiger partial charge in [-0.1, -0.05) is 12.1 Å². The number of piperazine rings is 1. The summed E-state index contributed by atoms with van der Waals surface area (Å²) in [6, 6.07) is 10.8. The molecule has 1 aromatic carbocycles. The molecule has 2 aromatic heterocycles. The van der Waals surface area contributed by atoms with Crippen molar-refractivity contribution in [2.45, 2.75) is 19.9 Å². The molecule has 3 aromatic rings. The molecule has 0 N–H and O–H groups in total. The molecule has 0 spiro atoms. The van der Waals surface area contributed by atoms with E-state index in [9.17, 15) is 9.59 Å². The van der Waals surface area contributed by atoms with Crippen molar-refractivity contribution in [3.05, 3.63) is 57.1 Å². The van der Waals surface area contributed by atoms with E-state index < -0.39 is 0 Å². The fourth-order valence-electron chi connectivity index (χ4n) is 3.58. The number of aromatic nitrogens is 4. The maximum Gasteiger partial charge on any atom is 0.267 e. The first-order chi connectivity index (χ1) is 13.5. The Balaban J connectivity index is 1.58. The van der Waals surface area contributed by atoms with Crippen LogP contribution >= 0.6 is 0 Å². The minimum Gasteiger partial charge on any atom is -0.352 e. The lowest BCUT2D eigenvalue weighted by Crippen LogP contribution is -2.49. The average Bonchev–Trinajstić information content (AvgIpc) is 2.71. The number of para-hydroxylation sites is 1. The van der Waals surface area contributed by atoms with Gasteiger partial charge in [-0.05, 0) is 32.0 Å². The molecule has 1 fully saturated rings. The van der Waals surface area contributed by atoms with Gasteiger partial charge in [0.15, 0.2) is 0 Å². The number of fused-ring (bicyclic) bond motifs is 1. The Morgan fingerprint density at radius 1 is 0.929 bits per heavy atom. The van der Waals surface area contributed by atoms with Crippen molar-refractivity contribution in [1.82, 2.24) is 19.3 Å². The van der Waals surface area contributed by atoms with E-state index >= 15 is 0 Å². The van der Waals surface area contributed by atoms with Gasteiger partial charge >= 0.3 is 0 Å². The number of hydrogen-bond acceptors (Lipinski definition) is 6. The van der Waals surface area contributed by atoms with Crippen molar-refractivity contribution >= 4 is 22.7 Å². The van der Waals surface area contributed by atoms with Gasteiger partial charge in [0.1, 0.15) is 5.82 Å². The second-order valence-corrected chi connectivity index (χ2v) is 7.34. The number of benzene rings is 1. The van der Waals surface area contributed by atoms with E-state index in [0.29, 0.717) is 16.9 Å². The zero-order valence-electron chi connectivity index (χ0n) is 16.4. The molecule has 1 aliphatic rings. The van der Waals surface area contributed by atoms with Gasteiger partial charge < -0.3 is 9.80 Å². The molecule has 4 rings (SSSR count). The monoisotopic (exact) mass is 380 g/mol. The number of nitrogens with zero attached hydrogens (tertiary/aromatic N) is 6. The van der Waals surface area contributed by atoms with Crippen molar-refractivity contribution in [1.29, 1.82) is 0 Å². The maximum absolute atomic E-state index is 12.7. The quantitative estimate of drug-likeness (QED) is 0.684. The van der Waals surface area contributed by atoms with Gasteiger partial charge in [0.2, 0.25) is 5.95 Å². The summed E-state index contributed by atoms with van der Waals surface area (Å²) >= 11 is 0. The molecule has 8 nitrogen and oxygen atoms in total. The highest BCUT2D eigenvalue weighted by molar-refractivity contribution is 5.78. The first kappa shape index (κ1) is 18.2. The van der Waals surface area contributed by atoms with Crippen molar-refractivity contribution in [2.24, 2.45) is 7.05 Å². The summed E-state index contributed by atoms with van der Waals surface area (Å²) in [7, 11) is 1.77. The van der Waals surface area contributed by atoms with Gasteiger partial charge in [-0.2, -0.15) is 5.10 Å². The van der Waals surface area contributed by atoms with Gasteiger partial charge in [-0.3, -0.25) is 14.2 Å². The number of anilines is 2. The summed E-state index contributed by atoms with van der Waals surface area (Å²) in [4.78, 5) is 33.6. The lowest BCUT2D eigenvalue weighted by atomic mass is 10.2. The molecule has 0 radical (unpaired) electrons. The first-order valence-electron chi connectivity index (χ1n) is 9.51. The minimum absolute atomic E-state index is 0.0186. The molecule has 8 heteroatoms. The summed E-state index contributed by atoms with van der Waals surface area (Å²) in [5.74, 6) is 1.48. The zero-order valence-corrected chi connectivity index (χ0v) is 16.4. The molecule has 0 atom stereocenters. The molecule has 0 saturated carbocycles. The second kappa shape index (κ2) is 7.10. The molecule has 28 heavy (non-hydrogen) atoms. The number of rotatable bonds is 3. The van der Waals surface area contributed by atoms with Crippen molar-refractivity contribution in [2.75, 3.05) is 36.0 Å². The van der Waals surface area contributed by atoms with E-state index in [0.717, 1.165) is 32.0 Å². The highest BCUT2D eigenvalue weighted by Crippen LogP contribution is 2.18. The normalized spacial score (nSPS) is 14.9. The molecule has 0 aliphatic carbocycles. The summed E-state index contributed by atoms with van der Waals surface area (Å²) in [5, 5.41) is 5.14. The Kier molecular flexibility index (Phi) is 4.62. The van der Waals surface area contributed by atoms with Crippen molar-refractivity contribution < 1.29 is 0 Å².